The summed E-state index contributed by atoms with van der Waals surface area (Å²) in [6, 6.07) is 4.28. The molecule has 0 bridgehead atoms. The molecule has 1 saturated heterocycles. The Morgan fingerprint density at radius 1 is 1.21 bits per heavy atom. The van der Waals surface area contributed by atoms with Crippen molar-refractivity contribution >= 4 is 11.8 Å². The molecule has 3 nitrogen and oxygen atoms in total. The maximum Gasteiger partial charge on any atom is 0.127 e. The normalized spacial score (nSPS) is 18.9. The molecule has 1 aromatic rings. The lowest BCUT2D eigenvalue weighted by Crippen LogP contribution is -2.10. The van der Waals surface area contributed by atoms with Crippen molar-refractivity contribution in [1.29, 1.82) is 0 Å². The molecule has 0 saturated carbocycles. The van der Waals surface area contributed by atoms with E-state index in [1.165, 1.54) is 10.5 Å². The highest BCUT2D eigenvalue weighted by Crippen LogP contribution is 2.41. The summed E-state index contributed by atoms with van der Waals surface area (Å²) in [5.74, 6) is 2.40. The van der Waals surface area contributed by atoms with E-state index in [2.05, 4.69) is 31.3 Å². The number of thioether (sulfide) groups is 1. The largest absolute Gasteiger partial charge is 0.496 e. The van der Waals surface area contributed by atoms with Crippen molar-refractivity contribution in [2.45, 2.75) is 36.3 Å². The van der Waals surface area contributed by atoms with Crippen molar-refractivity contribution in [2.24, 2.45) is 0 Å². The molecule has 1 aromatic carbocycles. The maximum atomic E-state index is 5.60. The summed E-state index contributed by atoms with van der Waals surface area (Å²) in [4.78, 5) is 1.21. The predicted octanol–water partition coefficient (Wildman–Crippen LogP) is 3.28. The monoisotopic (exact) mass is 281 g/mol. The van der Waals surface area contributed by atoms with Gasteiger partial charge in [-0.25, -0.2) is 0 Å². The first kappa shape index (κ1) is 14.5. The highest BCUT2D eigenvalue weighted by molar-refractivity contribution is 7.99. The van der Waals surface area contributed by atoms with Crippen LogP contribution in [0.25, 0.3) is 0 Å². The van der Waals surface area contributed by atoms with Crippen LogP contribution in [0.1, 0.15) is 31.7 Å². The zero-order valence-corrected chi connectivity index (χ0v) is 13.0. The number of rotatable bonds is 5. The Morgan fingerprint density at radius 2 is 1.84 bits per heavy atom. The Morgan fingerprint density at radius 3 is 2.26 bits per heavy atom. The first-order valence-electron chi connectivity index (χ1n) is 6.79. The molecular formula is C15H23NO2S. The molecule has 1 atom stereocenters. The SMILES string of the molecule is COc1cc(SC(C)C)cc(OC)c1C1CCNC1. The lowest BCUT2D eigenvalue weighted by atomic mass is 9.96. The van der Waals surface area contributed by atoms with Crippen LogP contribution >= 0.6 is 11.8 Å². The van der Waals surface area contributed by atoms with Gasteiger partial charge in [-0.2, -0.15) is 0 Å². The van der Waals surface area contributed by atoms with Crippen LogP contribution < -0.4 is 14.8 Å². The Kier molecular flexibility index (Phi) is 4.99. The third-order valence-corrected chi connectivity index (χ3v) is 4.34. The molecule has 1 heterocycles. The number of nitrogens with one attached hydrogen (secondary N) is 1. The number of benzene rings is 1. The second-order valence-corrected chi connectivity index (χ2v) is 6.75. The highest BCUT2D eigenvalue weighted by atomic mass is 32.2. The fourth-order valence-corrected chi connectivity index (χ4v) is 3.45. The zero-order chi connectivity index (χ0) is 13.8. The van der Waals surface area contributed by atoms with Gasteiger partial charge in [-0.3, -0.25) is 0 Å². The van der Waals surface area contributed by atoms with Gasteiger partial charge in [0.25, 0.3) is 0 Å². The van der Waals surface area contributed by atoms with Crippen molar-refractivity contribution in [3.8, 4) is 11.5 Å². The van der Waals surface area contributed by atoms with E-state index in [9.17, 15) is 0 Å². The molecule has 1 N–H and O–H groups in total. The summed E-state index contributed by atoms with van der Waals surface area (Å²) in [7, 11) is 3.48. The molecule has 0 aromatic heterocycles. The van der Waals surface area contributed by atoms with Gasteiger partial charge >= 0.3 is 0 Å². The second kappa shape index (κ2) is 6.53. The third kappa shape index (κ3) is 3.37. The molecule has 1 aliphatic rings. The Balaban J connectivity index is 2.39. The minimum Gasteiger partial charge on any atom is -0.496 e. The van der Waals surface area contributed by atoms with Gasteiger partial charge in [-0.1, -0.05) is 13.8 Å². The molecule has 0 spiro atoms. The molecule has 0 aliphatic carbocycles. The van der Waals surface area contributed by atoms with Gasteiger partial charge in [0.05, 0.1) is 14.2 Å². The molecule has 0 radical (unpaired) electrons. The molecule has 4 heteroatoms. The lowest BCUT2D eigenvalue weighted by Gasteiger charge is -2.19. The van der Waals surface area contributed by atoms with Crippen molar-refractivity contribution in [3.63, 3.8) is 0 Å². The molecule has 1 fully saturated rings. The van der Waals surface area contributed by atoms with Crippen molar-refractivity contribution < 1.29 is 9.47 Å². The summed E-state index contributed by atoms with van der Waals surface area (Å²) >= 11 is 1.83. The van der Waals surface area contributed by atoms with Crippen LogP contribution in [0.3, 0.4) is 0 Å². The van der Waals surface area contributed by atoms with Crippen molar-refractivity contribution in [1.82, 2.24) is 5.32 Å². The van der Waals surface area contributed by atoms with Crippen LogP contribution in [-0.4, -0.2) is 32.6 Å². The van der Waals surface area contributed by atoms with Gasteiger partial charge in [0.15, 0.2) is 0 Å². The van der Waals surface area contributed by atoms with Crippen LogP contribution in [0.4, 0.5) is 0 Å². The van der Waals surface area contributed by atoms with E-state index in [0.717, 1.165) is 31.0 Å². The van der Waals surface area contributed by atoms with E-state index in [-0.39, 0.29) is 0 Å². The fraction of sp³-hybridized carbons (Fsp3) is 0.600. The van der Waals surface area contributed by atoms with Crippen LogP contribution in [0.5, 0.6) is 11.5 Å². The van der Waals surface area contributed by atoms with E-state index in [1.807, 2.05) is 11.8 Å². The van der Waals surface area contributed by atoms with E-state index >= 15 is 0 Å². The Bertz CT molecular complexity index is 403. The Labute approximate surface area is 120 Å². The zero-order valence-electron chi connectivity index (χ0n) is 12.2. The van der Waals surface area contributed by atoms with Crippen molar-refractivity contribution in [2.75, 3.05) is 27.3 Å². The summed E-state index contributed by atoms with van der Waals surface area (Å²) in [5, 5.41) is 3.95. The number of hydrogen-bond acceptors (Lipinski definition) is 4. The smallest absolute Gasteiger partial charge is 0.127 e. The topological polar surface area (TPSA) is 30.5 Å². The van der Waals surface area contributed by atoms with Gasteiger partial charge in [-0.15, -0.1) is 11.8 Å². The Hall–Kier alpha value is -0.870. The van der Waals surface area contributed by atoms with E-state index in [0.29, 0.717) is 11.2 Å². The third-order valence-electron chi connectivity index (χ3n) is 3.36. The molecule has 2 rings (SSSR count). The van der Waals surface area contributed by atoms with Crippen LogP contribution in [0.15, 0.2) is 17.0 Å². The molecule has 0 amide bonds. The van der Waals surface area contributed by atoms with Crippen LogP contribution in [0.2, 0.25) is 0 Å². The lowest BCUT2D eigenvalue weighted by molar-refractivity contribution is 0.378. The summed E-state index contributed by atoms with van der Waals surface area (Å²) in [6.07, 6.45) is 1.14. The number of methoxy groups -OCH3 is 2. The van der Waals surface area contributed by atoms with E-state index in [1.54, 1.807) is 14.2 Å². The molecule has 106 valence electrons. The first-order valence-corrected chi connectivity index (χ1v) is 7.67. The van der Waals surface area contributed by atoms with Crippen LogP contribution in [0, 0.1) is 0 Å². The summed E-state index contributed by atoms with van der Waals surface area (Å²) in [5.41, 5.74) is 1.21. The summed E-state index contributed by atoms with van der Waals surface area (Å²) < 4.78 is 11.2. The van der Waals surface area contributed by atoms with Crippen LogP contribution in [-0.2, 0) is 0 Å². The standard InChI is InChI=1S/C15H23NO2S/c1-10(2)19-12-7-13(17-3)15(14(8-12)18-4)11-5-6-16-9-11/h7-8,10-11,16H,5-6,9H2,1-4H3. The fourth-order valence-electron chi connectivity index (χ4n) is 2.56. The average Bonchev–Trinajstić information content (AvgIpc) is 2.90. The van der Waals surface area contributed by atoms with E-state index < -0.39 is 0 Å². The highest BCUT2D eigenvalue weighted by Gasteiger charge is 2.25. The molecule has 1 aliphatic heterocycles. The minimum absolute atomic E-state index is 0.489. The predicted molar refractivity (Wildman–Crippen MR) is 80.8 cm³/mol. The molecule has 1 unspecified atom stereocenters. The van der Waals surface area contributed by atoms with Gasteiger partial charge < -0.3 is 14.8 Å². The maximum absolute atomic E-state index is 5.60. The van der Waals surface area contributed by atoms with Gasteiger partial charge in [0, 0.05) is 28.2 Å². The average molecular weight is 281 g/mol. The first-order chi connectivity index (χ1) is 9.15. The van der Waals surface area contributed by atoms with E-state index in [4.69, 9.17) is 9.47 Å². The van der Waals surface area contributed by atoms with Crippen molar-refractivity contribution in [3.05, 3.63) is 17.7 Å². The second-order valence-electron chi connectivity index (χ2n) is 5.10. The van der Waals surface area contributed by atoms with Gasteiger partial charge in [0.1, 0.15) is 11.5 Å². The summed E-state index contributed by atoms with van der Waals surface area (Å²) in [6.45, 7) is 6.46. The minimum atomic E-state index is 0.489. The number of hydrogen-bond donors (Lipinski definition) is 1. The van der Waals surface area contributed by atoms with Gasteiger partial charge in [-0.05, 0) is 25.1 Å². The number of ether oxygens (including phenoxy) is 2. The molecular weight excluding hydrogens is 258 g/mol. The molecule has 19 heavy (non-hydrogen) atoms. The van der Waals surface area contributed by atoms with Gasteiger partial charge in [0.2, 0.25) is 0 Å². The quantitative estimate of drug-likeness (QED) is 0.839.